The van der Waals surface area contributed by atoms with Crippen LogP contribution in [0.15, 0.2) is 66.7 Å². The molecule has 3 rings (SSSR count). The molecule has 0 aliphatic carbocycles. The number of carbonyl (C=O) groups excluding carboxylic acids is 10. The number of hydrogen-bond acceptors (Lipinski definition) is 17. The van der Waals surface area contributed by atoms with Gasteiger partial charge in [-0.3, -0.25) is 38.5 Å². The lowest BCUT2D eigenvalue weighted by molar-refractivity contribution is -0.148. The second-order valence-corrected chi connectivity index (χ2v) is 25.9. The van der Waals surface area contributed by atoms with Crippen molar-refractivity contribution in [2.24, 2.45) is 35.3 Å². The zero-order valence-corrected chi connectivity index (χ0v) is 59.0. The fourth-order valence-corrected chi connectivity index (χ4v) is 11.9. The molecule has 538 valence electrons. The largest absolute Gasteiger partial charge is 0.466 e. The summed E-state index contributed by atoms with van der Waals surface area (Å²) in [6, 6.07) is 9.21. The average molecular weight is 1350 g/mol. The number of nitrogens with one attached hydrogen (secondary N) is 7. The number of aliphatic hydroxyl groups excluding tert-OH is 2. The summed E-state index contributed by atoms with van der Waals surface area (Å²) in [7, 11) is 7.29. The molecule has 27 nitrogen and oxygen atoms in total. The van der Waals surface area contributed by atoms with Gasteiger partial charge in [0.2, 0.25) is 41.4 Å². The first kappa shape index (κ1) is 82.4. The van der Waals surface area contributed by atoms with E-state index in [1.807, 2.05) is 32.0 Å². The first-order chi connectivity index (χ1) is 45.4. The Labute approximate surface area is 567 Å². The normalized spacial score (nSPS) is 16.9. The number of unbranched alkanes of at least 4 members (excludes halogenated alkanes) is 2. The van der Waals surface area contributed by atoms with Crippen molar-refractivity contribution >= 4 is 65.1 Å². The Morgan fingerprint density at radius 1 is 0.708 bits per heavy atom. The van der Waals surface area contributed by atoms with Crippen LogP contribution >= 0.6 is 0 Å². The van der Waals surface area contributed by atoms with Crippen LogP contribution in [0, 0.1) is 29.6 Å². The lowest BCUT2D eigenvalue weighted by Gasteiger charge is -2.41. The van der Waals surface area contributed by atoms with Crippen molar-refractivity contribution in [2.75, 3.05) is 60.4 Å². The van der Waals surface area contributed by atoms with Crippen LogP contribution in [0.4, 0.5) is 15.3 Å². The van der Waals surface area contributed by atoms with Crippen LogP contribution in [0.5, 0.6) is 0 Å². The minimum Gasteiger partial charge on any atom is -0.466 e. The van der Waals surface area contributed by atoms with Crippen molar-refractivity contribution in [1.29, 1.82) is 0 Å². The molecular weight excluding hydrogens is 1240 g/mol. The predicted molar refractivity (Wildman–Crippen MR) is 363 cm³/mol. The van der Waals surface area contributed by atoms with E-state index in [1.165, 1.54) is 33.3 Å². The molecule has 1 aliphatic heterocycles. The van der Waals surface area contributed by atoms with Gasteiger partial charge in [-0.05, 0) is 92.4 Å². The topological polar surface area (TPSA) is 368 Å². The number of esters is 1. The number of ether oxygens (including phenoxy) is 4. The van der Waals surface area contributed by atoms with E-state index in [4.69, 9.17) is 19.9 Å². The lowest BCUT2D eigenvalue weighted by atomic mass is 9.89. The number of nitrogens with two attached hydrogens (primary N) is 1. The standard InChI is InChI=1S/C69H111N11O16/c1-16-44(8)60(52(93-13)39-55(83)80-38-24-28-51(80)62(95-15)45(9)63(86)73-46(10)61(85)48-25-19-17-20-26-48)78(11)67(90)58(42(4)5)77-66(89)59(43(6)7)79(12)69(92)96-40-47-30-32-49(33-31-47)74-64(87)50(27-23-37-72-68(70)91)75-65(88)57(41(2)3)76-54(82)29-21-18-22-36-71-53(81)34-35-56(84)94-14/h17,19-20,25-26,30-35,41-46,50-52,57-62,64,74,85,87H,16,18,21-24,27-29,36-40H2,1-15H3,(H,71,81)(H,73,86)(H,75,88)(H,76,82)(H,77,89)(H3,70,72,91)/b35-34+/t44-,45+,46+,50-,51-,52+,57-,58-,59-,60-,61+,62+,64?/m0/s1. The summed E-state index contributed by atoms with van der Waals surface area (Å²) >= 11 is 0. The second-order valence-electron chi connectivity index (χ2n) is 25.9. The van der Waals surface area contributed by atoms with Crippen molar-refractivity contribution in [3.05, 3.63) is 77.9 Å². The highest BCUT2D eigenvalue weighted by Crippen LogP contribution is 2.31. The van der Waals surface area contributed by atoms with Gasteiger partial charge in [-0.2, -0.15) is 0 Å². The number of likely N-dealkylation sites (tertiary alicyclic amines) is 1. The fraction of sp³-hybridized carbons (Fsp3) is 0.652. The van der Waals surface area contributed by atoms with Crippen molar-refractivity contribution in [3.8, 4) is 0 Å². The summed E-state index contributed by atoms with van der Waals surface area (Å²) in [4.78, 5) is 137. The Hall–Kier alpha value is -7.88. The summed E-state index contributed by atoms with van der Waals surface area (Å²) in [6.45, 7) is 18.8. The lowest BCUT2D eigenvalue weighted by Crippen LogP contribution is -2.60. The summed E-state index contributed by atoms with van der Waals surface area (Å²) in [5.41, 5.74) is 6.92. The van der Waals surface area contributed by atoms with Crippen LogP contribution < -0.4 is 43.0 Å². The molecule has 13 atom stereocenters. The summed E-state index contributed by atoms with van der Waals surface area (Å²) < 4.78 is 22.2. The number of methoxy groups -OCH3 is 3. The maximum absolute atomic E-state index is 14.8. The van der Waals surface area contributed by atoms with Crippen LogP contribution in [0.2, 0.25) is 0 Å². The molecule has 0 saturated carbocycles. The molecular formula is C69H111N11O16. The number of aliphatic hydroxyl groups is 2. The van der Waals surface area contributed by atoms with Gasteiger partial charge in [0.05, 0.1) is 61.9 Å². The van der Waals surface area contributed by atoms with Gasteiger partial charge in [-0.15, -0.1) is 0 Å². The Kier molecular flexibility index (Phi) is 36.0. The average Bonchev–Trinajstić information content (AvgIpc) is 1.34. The molecule has 0 bridgehead atoms. The third kappa shape index (κ3) is 26.3. The number of anilines is 1. The number of hydrogen-bond donors (Lipinski definition) is 10. The Balaban J connectivity index is 1.67. The van der Waals surface area contributed by atoms with Gasteiger partial charge >= 0.3 is 18.1 Å². The monoisotopic (exact) mass is 1350 g/mol. The highest BCUT2D eigenvalue weighted by molar-refractivity contribution is 5.94. The molecule has 0 spiro atoms. The van der Waals surface area contributed by atoms with Gasteiger partial charge in [0.15, 0.2) is 0 Å². The van der Waals surface area contributed by atoms with Gasteiger partial charge in [0, 0.05) is 72.2 Å². The summed E-state index contributed by atoms with van der Waals surface area (Å²) in [6.07, 6.45) is 1.57. The number of urea groups is 1. The molecule has 1 saturated heterocycles. The van der Waals surface area contributed by atoms with Gasteiger partial charge in [0.1, 0.15) is 31.0 Å². The maximum atomic E-state index is 14.8. The van der Waals surface area contributed by atoms with Crippen LogP contribution in [0.25, 0.3) is 0 Å². The van der Waals surface area contributed by atoms with Crippen LogP contribution in [0.1, 0.15) is 151 Å². The number of amides is 10. The molecule has 2 aromatic carbocycles. The van der Waals surface area contributed by atoms with E-state index in [0.29, 0.717) is 74.8 Å². The number of carbonyl (C=O) groups is 10. The molecule has 1 aliphatic rings. The van der Waals surface area contributed by atoms with E-state index >= 15 is 0 Å². The molecule has 11 N–H and O–H groups in total. The molecule has 1 fully saturated rings. The van der Waals surface area contributed by atoms with Crippen molar-refractivity contribution in [1.82, 2.24) is 46.6 Å². The zero-order chi connectivity index (χ0) is 71.9. The van der Waals surface area contributed by atoms with E-state index in [9.17, 15) is 58.2 Å². The molecule has 1 heterocycles. The molecule has 2 aromatic rings. The van der Waals surface area contributed by atoms with Gasteiger partial charge in [-0.25, -0.2) is 14.4 Å². The fourth-order valence-electron chi connectivity index (χ4n) is 11.9. The second kappa shape index (κ2) is 41.9. The number of nitrogens with zero attached hydrogens (tertiary/aromatic N) is 3. The zero-order valence-electron chi connectivity index (χ0n) is 59.0. The van der Waals surface area contributed by atoms with Gasteiger partial charge in [0.25, 0.3) is 0 Å². The predicted octanol–water partition coefficient (Wildman–Crippen LogP) is 4.79. The Morgan fingerprint density at radius 2 is 1.35 bits per heavy atom. The third-order valence-electron chi connectivity index (χ3n) is 17.6. The van der Waals surface area contributed by atoms with Crippen LogP contribution in [0.3, 0.4) is 0 Å². The van der Waals surface area contributed by atoms with E-state index in [1.54, 1.807) is 109 Å². The third-order valence-corrected chi connectivity index (χ3v) is 17.6. The minimum atomic E-state index is -1.37. The molecule has 27 heteroatoms. The van der Waals surface area contributed by atoms with E-state index in [2.05, 4.69) is 42.0 Å². The highest BCUT2D eigenvalue weighted by Gasteiger charge is 2.44. The minimum absolute atomic E-state index is 0.0905. The molecule has 96 heavy (non-hydrogen) atoms. The SMILES string of the molecule is CC[C@H](C)[C@@H]([C@@H](CC(=O)N1CCC[C@H]1[C@H](OC)[C@@H](C)C(=O)N[C@H](C)[C@@H](O)c1ccccc1)OC)N(C)C(=O)[C@@H](NC(=O)[C@H](C(C)C)N(C)C(=O)OCc1ccc(NC(O)[C@H](CCCNC(N)=O)NC(=O)[C@@H](NC(=O)CCCCCNC(=O)/C=C/C(=O)OC)C(C)C)cc1)C(C)C. The quantitative estimate of drug-likeness (QED) is 0.0185. The highest BCUT2D eigenvalue weighted by atomic mass is 16.6. The smallest absolute Gasteiger partial charge is 0.410 e. The summed E-state index contributed by atoms with van der Waals surface area (Å²) in [5, 5.41) is 42.1. The Bertz CT molecular complexity index is 2830. The van der Waals surface area contributed by atoms with Crippen molar-refractivity contribution < 1.29 is 77.1 Å². The number of primary amides is 1. The van der Waals surface area contributed by atoms with Crippen molar-refractivity contribution in [2.45, 2.75) is 207 Å². The number of likely N-dealkylation sites (N-methyl/N-ethyl adjacent to an activating group) is 2. The van der Waals surface area contributed by atoms with E-state index in [0.717, 1.165) is 12.2 Å². The van der Waals surface area contributed by atoms with Gasteiger partial charge in [-0.1, -0.05) is 118 Å². The number of rotatable bonds is 41. The first-order valence-electron chi connectivity index (χ1n) is 33.5. The molecule has 1 unspecified atom stereocenters. The van der Waals surface area contributed by atoms with E-state index < -0.39 is 126 Å². The summed E-state index contributed by atoms with van der Waals surface area (Å²) in [5.74, 6) is -5.65. The van der Waals surface area contributed by atoms with Gasteiger partial charge < -0.3 is 81.9 Å². The van der Waals surface area contributed by atoms with Crippen LogP contribution in [-0.2, 0) is 63.9 Å². The Morgan fingerprint density at radius 3 is 1.94 bits per heavy atom. The van der Waals surface area contributed by atoms with E-state index in [-0.39, 0.29) is 62.0 Å². The number of benzene rings is 2. The first-order valence-corrected chi connectivity index (χ1v) is 33.5. The van der Waals surface area contributed by atoms with Crippen LogP contribution in [-0.4, -0.2) is 200 Å². The van der Waals surface area contributed by atoms with Crippen molar-refractivity contribution in [3.63, 3.8) is 0 Å². The maximum Gasteiger partial charge on any atom is 0.410 e. The molecule has 0 radical (unpaired) electrons. The molecule has 0 aromatic heterocycles. The molecule has 10 amide bonds.